The standard InChI is InChI=1S/C15H21NO3/c1-16(11-15(18)8-3-4-9-15)14(17)12-6-5-7-13(10-12)19-2/h5-7,10,18H,3-4,8-9,11H2,1-2H3. The van der Waals surface area contributed by atoms with Crippen molar-refractivity contribution in [1.29, 1.82) is 0 Å². The van der Waals surface area contributed by atoms with E-state index in [-0.39, 0.29) is 5.91 Å². The van der Waals surface area contributed by atoms with Gasteiger partial charge in [-0.05, 0) is 31.0 Å². The first kappa shape index (κ1) is 13.9. The van der Waals surface area contributed by atoms with Crippen molar-refractivity contribution in [2.24, 2.45) is 0 Å². The van der Waals surface area contributed by atoms with Crippen LogP contribution in [0.2, 0.25) is 0 Å². The van der Waals surface area contributed by atoms with Crippen LogP contribution in [0.25, 0.3) is 0 Å². The molecule has 0 bridgehead atoms. The van der Waals surface area contributed by atoms with Crippen LogP contribution in [-0.2, 0) is 0 Å². The van der Waals surface area contributed by atoms with Gasteiger partial charge in [-0.3, -0.25) is 4.79 Å². The summed E-state index contributed by atoms with van der Waals surface area (Å²) in [5.74, 6) is 0.582. The van der Waals surface area contributed by atoms with Gasteiger partial charge >= 0.3 is 0 Å². The second kappa shape index (κ2) is 5.61. The summed E-state index contributed by atoms with van der Waals surface area (Å²) in [7, 11) is 3.31. The number of likely N-dealkylation sites (N-methyl/N-ethyl adjacent to an activating group) is 1. The Labute approximate surface area is 114 Å². The molecule has 1 aromatic carbocycles. The van der Waals surface area contributed by atoms with Crippen LogP contribution < -0.4 is 4.74 Å². The fourth-order valence-corrected chi connectivity index (χ4v) is 2.68. The Morgan fingerprint density at radius 3 is 2.74 bits per heavy atom. The summed E-state index contributed by atoms with van der Waals surface area (Å²) in [5.41, 5.74) is -0.119. The molecule has 0 saturated heterocycles. The van der Waals surface area contributed by atoms with Gasteiger partial charge in [-0.1, -0.05) is 18.9 Å². The molecule has 1 saturated carbocycles. The van der Waals surface area contributed by atoms with Gasteiger partial charge in [-0.25, -0.2) is 0 Å². The third kappa shape index (κ3) is 3.26. The molecule has 1 aromatic rings. The fourth-order valence-electron chi connectivity index (χ4n) is 2.68. The number of nitrogens with zero attached hydrogens (tertiary/aromatic N) is 1. The molecule has 0 atom stereocenters. The summed E-state index contributed by atoms with van der Waals surface area (Å²) < 4.78 is 5.12. The van der Waals surface area contributed by atoms with E-state index < -0.39 is 5.60 Å². The number of benzene rings is 1. The van der Waals surface area contributed by atoms with Crippen LogP contribution in [0, 0.1) is 0 Å². The minimum atomic E-state index is -0.705. The summed E-state index contributed by atoms with van der Waals surface area (Å²) in [6.45, 7) is 0.392. The second-order valence-electron chi connectivity index (χ2n) is 5.32. The van der Waals surface area contributed by atoms with Crippen LogP contribution in [0.15, 0.2) is 24.3 Å². The van der Waals surface area contributed by atoms with Gasteiger partial charge in [0.2, 0.25) is 0 Å². The molecule has 1 amide bonds. The number of methoxy groups -OCH3 is 1. The number of hydrogen-bond donors (Lipinski definition) is 1. The molecule has 1 N–H and O–H groups in total. The molecule has 19 heavy (non-hydrogen) atoms. The minimum absolute atomic E-state index is 0.0841. The SMILES string of the molecule is COc1cccc(C(=O)N(C)CC2(O)CCCC2)c1. The zero-order chi connectivity index (χ0) is 13.9. The average molecular weight is 263 g/mol. The quantitative estimate of drug-likeness (QED) is 0.904. The molecule has 1 aliphatic rings. The zero-order valence-electron chi connectivity index (χ0n) is 11.6. The van der Waals surface area contributed by atoms with E-state index in [1.165, 1.54) is 0 Å². The highest BCUT2D eigenvalue weighted by Gasteiger charge is 2.33. The number of amides is 1. The molecule has 1 fully saturated rings. The maximum Gasteiger partial charge on any atom is 0.253 e. The van der Waals surface area contributed by atoms with Gasteiger partial charge in [0.1, 0.15) is 5.75 Å². The van der Waals surface area contributed by atoms with Gasteiger partial charge in [-0.15, -0.1) is 0 Å². The van der Waals surface area contributed by atoms with E-state index in [1.54, 1.807) is 43.3 Å². The lowest BCUT2D eigenvalue weighted by Crippen LogP contribution is -2.42. The molecule has 2 rings (SSSR count). The molecule has 0 radical (unpaired) electrons. The lowest BCUT2D eigenvalue weighted by atomic mass is 10.0. The van der Waals surface area contributed by atoms with Crippen molar-refractivity contribution in [3.05, 3.63) is 29.8 Å². The first-order chi connectivity index (χ1) is 9.04. The van der Waals surface area contributed by atoms with E-state index in [2.05, 4.69) is 0 Å². The molecule has 0 aromatic heterocycles. The summed E-state index contributed by atoms with van der Waals surface area (Å²) >= 11 is 0. The van der Waals surface area contributed by atoms with E-state index in [0.29, 0.717) is 17.9 Å². The average Bonchev–Trinajstić information content (AvgIpc) is 2.84. The second-order valence-corrected chi connectivity index (χ2v) is 5.32. The Bertz CT molecular complexity index is 452. The van der Waals surface area contributed by atoms with E-state index in [4.69, 9.17) is 4.74 Å². The number of hydrogen-bond acceptors (Lipinski definition) is 3. The number of aliphatic hydroxyl groups is 1. The van der Waals surface area contributed by atoms with Crippen molar-refractivity contribution in [3.63, 3.8) is 0 Å². The molecule has 0 unspecified atom stereocenters. The topological polar surface area (TPSA) is 49.8 Å². The normalized spacial score (nSPS) is 17.2. The van der Waals surface area contributed by atoms with Gasteiger partial charge in [0.25, 0.3) is 5.91 Å². The van der Waals surface area contributed by atoms with Gasteiger partial charge in [0, 0.05) is 19.2 Å². The summed E-state index contributed by atoms with van der Waals surface area (Å²) in [5, 5.41) is 10.3. The number of carbonyl (C=O) groups excluding carboxylic acids is 1. The Morgan fingerprint density at radius 2 is 2.11 bits per heavy atom. The van der Waals surface area contributed by atoms with Gasteiger partial charge < -0.3 is 14.7 Å². The van der Waals surface area contributed by atoms with Crippen LogP contribution in [0.3, 0.4) is 0 Å². The molecule has 0 aliphatic heterocycles. The van der Waals surface area contributed by atoms with Crippen molar-refractivity contribution in [1.82, 2.24) is 4.90 Å². The minimum Gasteiger partial charge on any atom is -0.497 e. The van der Waals surface area contributed by atoms with Crippen LogP contribution >= 0.6 is 0 Å². The van der Waals surface area contributed by atoms with E-state index >= 15 is 0 Å². The summed E-state index contributed by atoms with van der Waals surface area (Å²) in [6.07, 6.45) is 3.64. The smallest absolute Gasteiger partial charge is 0.253 e. The molecule has 4 nitrogen and oxygen atoms in total. The van der Waals surface area contributed by atoms with Gasteiger partial charge in [0.15, 0.2) is 0 Å². The molecule has 1 aliphatic carbocycles. The maximum atomic E-state index is 12.3. The van der Waals surface area contributed by atoms with Crippen LogP contribution in [-0.4, -0.2) is 42.2 Å². The Kier molecular flexibility index (Phi) is 4.10. The molecular formula is C15H21NO3. The Morgan fingerprint density at radius 1 is 1.42 bits per heavy atom. The van der Waals surface area contributed by atoms with Crippen LogP contribution in [0.5, 0.6) is 5.75 Å². The summed E-state index contributed by atoms with van der Waals surface area (Å²) in [6, 6.07) is 7.09. The molecule has 0 heterocycles. The predicted molar refractivity (Wildman–Crippen MR) is 73.4 cm³/mol. The van der Waals surface area contributed by atoms with Crippen molar-refractivity contribution < 1.29 is 14.6 Å². The molecular weight excluding hydrogens is 242 g/mol. The summed E-state index contributed by atoms with van der Waals surface area (Å²) in [4.78, 5) is 13.9. The zero-order valence-corrected chi connectivity index (χ0v) is 11.6. The predicted octanol–water partition coefficient (Wildman–Crippen LogP) is 2.07. The van der Waals surface area contributed by atoms with E-state index in [0.717, 1.165) is 25.7 Å². The number of ether oxygens (including phenoxy) is 1. The van der Waals surface area contributed by atoms with Gasteiger partial charge in [0.05, 0.1) is 12.7 Å². The van der Waals surface area contributed by atoms with Crippen molar-refractivity contribution in [3.8, 4) is 5.75 Å². The number of carbonyl (C=O) groups is 1. The highest BCUT2D eigenvalue weighted by molar-refractivity contribution is 5.94. The van der Waals surface area contributed by atoms with Crippen molar-refractivity contribution >= 4 is 5.91 Å². The van der Waals surface area contributed by atoms with Crippen LogP contribution in [0.4, 0.5) is 0 Å². The van der Waals surface area contributed by atoms with Crippen LogP contribution in [0.1, 0.15) is 36.0 Å². The Balaban J connectivity index is 2.05. The lowest BCUT2D eigenvalue weighted by Gasteiger charge is -2.28. The third-order valence-electron chi connectivity index (χ3n) is 3.73. The van der Waals surface area contributed by atoms with Crippen molar-refractivity contribution in [2.75, 3.05) is 20.7 Å². The lowest BCUT2D eigenvalue weighted by molar-refractivity contribution is 0.0156. The largest absolute Gasteiger partial charge is 0.497 e. The Hall–Kier alpha value is -1.55. The molecule has 104 valence electrons. The monoisotopic (exact) mass is 263 g/mol. The van der Waals surface area contributed by atoms with Crippen molar-refractivity contribution in [2.45, 2.75) is 31.3 Å². The highest BCUT2D eigenvalue weighted by atomic mass is 16.5. The van der Waals surface area contributed by atoms with Gasteiger partial charge in [-0.2, -0.15) is 0 Å². The third-order valence-corrected chi connectivity index (χ3v) is 3.73. The van der Waals surface area contributed by atoms with E-state index in [9.17, 15) is 9.90 Å². The molecule has 0 spiro atoms. The highest BCUT2D eigenvalue weighted by Crippen LogP contribution is 2.30. The maximum absolute atomic E-state index is 12.3. The fraction of sp³-hybridized carbons (Fsp3) is 0.533. The van der Waals surface area contributed by atoms with E-state index in [1.807, 2.05) is 0 Å². The number of rotatable bonds is 4. The first-order valence-electron chi connectivity index (χ1n) is 6.66. The molecule has 4 heteroatoms. The first-order valence-corrected chi connectivity index (χ1v) is 6.66.